The van der Waals surface area contributed by atoms with Crippen molar-refractivity contribution >= 4 is 27.7 Å². The molecule has 1 aliphatic heterocycles. The largest absolute Gasteiger partial charge is 0.269 e. The molecule has 4 nitrogen and oxygen atoms in total. The molecule has 6 heteroatoms. The average Bonchev–Trinajstić information content (AvgIpc) is 2.74. The summed E-state index contributed by atoms with van der Waals surface area (Å²) in [6.45, 7) is 2.26. The first-order chi connectivity index (χ1) is 11.0. The number of amides is 1. The van der Waals surface area contributed by atoms with Gasteiger partial charge >= 0.3 is 0 Å². The molecular formula is C17H17NO3S2. The monoisotopic (exact) mass is 347 g/mol. The summed E-state index contributed by atoms with van der Waals surface area (Å²) < 4.78 is 25.8. The lowest BCUT2D eigenvalue weighted by Gasteiger charge is -2.14. The minimum atomic E-state index is -3.68. The molecule has 0 radical (unpaired) electrons. The van der Waals surface area contributed by atoms with Gasteiger partial charge in [0.25, 0.3) is 15.9 Å². The molecule has 0 saturated heterocycles. The standard InChI is InChI=1S/C17H17NO3S2/c1-13-6-2-3-7-14(13)12-22-11-10-18-17(19)15-8-4-5-9-16(15)23(18,20)21/h2-9H,10-12H2,1H3. The molecule has 1 aliphatic rings. The van der Waals surface area contributed by atoms with Gasteiger partial charge in [-0.2, -0.15) is 11.8 Å². The lowest BCUT2D eigenvalue weighted by atomic mass is 10.1. The normalized spacial score (nSPS) is 15.7. The first kappa shape index (κ1) is 16.1. The van der Waals surface area contributed by atoms with Gasteiger partial charge in [0.05, 0.1) is 5.56 Å². The van der Waals surface area contributed by atoms with Crippen LogP contribution in [0.5, 0.6) is 0 Å². The van der Waals surface area contributed by atoms with Crippen molar-refractivity contribution in [1.82, 2.24) is 4.31 Å². The van der Waals surface area contributed by atoms with Crippen molar-refractivity contribution in [1.29, 1.82) is 0 Å². The zero-order valence-corrected chi connectivity index (χ0v) is 14.4. The Morgan fingerprint density at radius 2 is 1.74 bits per heavy atom. The van der Waals surface area contributed by atoms with E-state index in [1.807, 2.05) is 12.1 Å². The molecule has 0 atom stereocenters. The molecule has 0 aliphatic carbocycles. The van der Waals surface area contributed by atoms with E-state index in [0.29, 0.717) is 5.75 Å². The zero-order valence-electron chi connectivity index (χ0n) is 12.7. The van der Waals surface area contributed by atoms with Crippen LogP contribution >= 0.6 is 11.8 Å². The maximum absolute atomic E-state index is 12.4. The molecule has 0 saturated carbocycles. The number of nitrogens with zero attached hydrogens (tertiary/aromatic N) is 1. The van der Waals surface area contributed by atoms with Crippen LogP contribution in [0.15, 0.2) is 53.4 Å². The van der Waals surface area contributed by atoms with E-state index < -0.39 is 15.9 Å². The van der Waals surface area contributed by atoms with E-state index in [4.69, 9.17) is 0 Å². The first-order valence-electron chi connectivity index (χ1n) is 7.30. The SMILES string of the molecule is Cc1ccccc1CSCCN1C(=O)c2ccccc2S1(=O)=O. The van der Waals surface area contributed by atoms with Crippen molar-refractivity contribution in [2.24, 2.45) is 0 Å². The number of thioether (sulfide) groups is 1. The fourth-order valence-electron chi connectivity index (χ4n) is 2.55. The van der Waals surface area contributed by atoms with Crippen LogP contribution in [0.4, 0.5) is 0 Å². The third-order valence-electron chi connectivity index (χ3n) is 3.87. The first-order valence-corrected chi connectivity index (χ1v) is 9.89. The van der Waals surface area contributed by atoms with Crippen LogP contribution in [0, 0.1) is 6.92 Å². The van der Waals surface area contributed by atoms with Crippen molar-refractivity contribution in [3.8, 4) is 0 Å². The highest BCUT2D eigenvalue weighted by Crippen LogP contribution is 2.30. The summed E-state index contributed by atoms with van der Waals surface area (Å²) in [5.74, 6) is 0.965. The summed E-state index contributed by atoms with van der Waals surface area (Å²) >= 11 is 1.63. The molecule has 23 heavy (non-hydrogen) atoms. The van der Waals surface area contributed by atoms with Gasteiger partial charge < -0.3 is 0 Å². The third-order valence-corrected chi connectivity index (χ3v) is 6.70. The molecule has 2 aromatic carbocycles. The molecule has 120 valence electrons. The zero-order chi connectivity index (χ0) is 16.4. The van der Waals surface area contributed by atoms with Gasteiger partial charge in [-0.15, -0.1) is 0 Å². The molecule has 0 unspecified atom stereocenters. The number of carbonyl (C=O) groups excluding carboxylic acids is 1. The van der Waals surface area contributed by atoms with Crippen molar-refractivity contribution in [2.45, 2.75) is 17.6 Å². The molecular weight excluding hydrogens is 330 g/mol. The van der Waals surface area contributed by atoms with E-state index in [0.717, 1.165) is 10.1 Å². The van der Waals surface area contributed by atoms with Crippen molar-refractivity contribution in [2.75, 3.05) is 12.3 Å². The number of fused-ring (bicyclic) bond motifs is 1. The van der Waals surface area contributed by atoms with Crippen LogP contribution in [0.25, 0.3) is 0 Å². The lowest BCUT2D eigenvalue weighted by Crippen LogP contribution is -2.32. The highest BCUT2D eigenvalue weighted by Gasteiger charge is 2.40. The van der Waals surface area contributed by atoms with E-state index in [2.05, 4.69) is 19.1 Å². The second kappa shape index (κ2) is 6.37. The fraction of sp³-hybridized carbons (Fsp3) is 0.235. The van der Waals surface area contributed by atoms with Crippen LogP contribution in [0.1, 0.15) is 21.5 Å². The van der Waals surface area contributed by atoms with E-state index in [9.17, 15) is 13.2 Å². The van der Waals surface area contributed by atoms with Gasteiger partial charge in [-0.1, -0.05) is 36.4 Å². The number of rotatable bonds is 5. The summed E-state index contributed by atoms with van der Waals surface area (Å²) in [6, 6.07) is 14.5. The Morgan fingerprint density at radius 1 is 1.04 bits per heavy atom. The van der Waals surface area contributed by atoms with Gasteiger partial charge in [-0.05, 0) is 30.2 Å². The van der Waals surface area contributed by atoms with E-state index in [1.54, 1.807) is 30.0 Å². The van der Waals surface area contributed by atoms with Gasteiger partial charge in [0.2, 0.25) is 0 Å². The summed E-state index contributed by atoms with van der Waals surface area (Å²) in [5.41, 5.74) is 2.73. The summed E-state index contributed by atoms with van der Waals surface area (Å²) in [4.78, 5) is 12.4. The Hall–Kier alpha value is -1.79. The van der Waals surface area contributed by atoms with Crippen LogP contribution in [-0.4, -0.2) is 30.9 Å². The smallest absolute Gasteiger partial charge is 0.268 e. The number of sulfonamides is 1. The second-order valence-electron chi connectivity index (χ2n) is 5.36. The summed E-state index contributed by atoms with van der Waals surface area (Å²) in [6.07, 6.45) is 0. The second-order valence-corrected chi connectivity index (χ2v) is 8.29. The predicted octanol–water partition coefficient (Wildman–Crippen LogP) is 3.07. The Labute approximate surface area is 140 Å². The van der Waals surface area contributed by atoms with Gasteiger partial charge in [0.1, 0.15) is 4.90 Å². The quantitative estimate of drug-likeness (QED) is 0.780. The minimum absolute atomic E-state index is 0.119. The van der Waals surface area contributed by atoms with Gasteiger partial charge in [-0.25, -0.2) is 12.7 Å². The molecule has 2 aromatic rings. The van der Waals surface area contributed by atoms with E-state index in [1.165, 1.54) is 17.2 Å². The predicted molar refractivity (Wildman–Crippen MR) is 92.0 cm³/mol. The van der Waals surface area contributed by atoms with Crippen LogP contribution in [-0.2, 0) is 15.8 Å². The molecule has 0 fully saturated rings. The molecule has 1 heterocycles. The Bertz CT molecular complexity index is 846. The fourth-order valence-corrected chi connectivity index (χ4v) is 5.24. The maximum Gasteiger partial charge on any atom is 0.269 e. The van der Waals surface area contributed by atoms with Crippen LogP contribution in [0.2, 0.25) is 0 Å². The molecule has 3 rings (SSSR count). The number of benzene rings is 2. The molecule has 0 aromatic heterocycles. The van der Waals surface area contributed by atoms with Crippen LogP contribution < -0.4 is 0 Å². The van der Waals surface area contributed by atoms with Crippen molar-refractivity contribution in [3.63, 3.8) is 0 Å². The third kappa shape index (κ3) is 3.01. The maximum atomic E-state index is 12.4. The van der Waals surface area contributed by atoms with Crippen molar-refractivity contribution in [3.05, 3.63) is 65.2 Å². The van der Waals surface area contributed by atoms with Gasteiger partial charge in [-0.3, -0.25) is 4.79 Å². The highest BCUT2D eigenvalue weighted by atomic mass is 32.2. The van der Waals surface area contributed by atoms with Crippen LogP contribution in [0.3, 0.4) is 0 Å². The minimum Gasteiger partial charge on any atom is -0.268 e. The Balaban J connectivity index is 1.64. The Kier molecular flexibility index (Phi) is 4.46. The Morgan fingerprint density at radius 3 is 2.48 bits per heavy atom. The molecule has 0 bridgehead atoms. The van der Waals surface area contributed by atoms with E-state index >= 15 is 0 Å². The van der Waals surface area contributed by atoms with Crippen molar-refractivity contribution < 1.29 is 13.2 Å². The number of carbonyl (C=O) groups is 1. The average molecular weight is 347 g/mol. The highest BCUT2D eigenvalue weighted by molar-refractivity contribution is 7.98. The topological polar surface area (TPSA) is 54.5 Å². The molecule has 1 amide bonds. The summed E-state index contributed by atoms with van der Waals surface area (Å²) in [7, 11) is -3.68. The summed E-state index contributed by atoms with van der Waals surface area (Å²) in [5, 5.41) is 0. The number of hydrogen-bond acceptors (Lipinski definition) is 4. The number of hydrogen-bond donors (Lipinski definition) is 0. The van der Waals surface area contributed by atoms with Gasteiger partial charge in [0, 0.05) is 18.1 Å². The van der Waals surface area contributed by atoms with E-state index in [-0.39, 0.29) is 17.0 Å². The molecule has 0 spiro atoms. The van der Waals surface area contributed by atoms with Gasteiger partial charge in [0.15, 0.2) is 0 Å². The molecule has 0 N–H and O–H groups in total. The number of aryl methyl sites for hydroxylation is 1. The lowest BCUT2D eigenvalue weighted by molar-refractivity contribution is 0.0876.